The molecule has 0 amide bonds. The van der Waals surface area contributed by atoms with Crippen molar-refractivity contribution in [1.29, 1.82) is 0 Å². The number of aromatic nitrogens is 5. The third kappa shape index (κ3) is 3.14. The van der Waals surface area contributed by atoms with Crippen molar-refractivity contribution in [2.45, 2.75) is 32.8 Å². The van der Waals surface area contributed by atoms with E-state index in [0.717, 1.165) is 54.5 Å². The van der Waals surface area contributed by atoms with Crippen LogP contribution in [0.25, 0.3) is 5.65 Å². The molecule has 0 atom stereocenters. The summed E-state index contributed by atoms with van der Waals surface area (Å²) in [6, 6.07) is 5.72. The number of aryl methyl sites for hydroxylation is 2. The fourth-order valence-corrected chi connectivity index (χ4v) is 3.29. The highest BCUT2D eigenvalue weighted by atomic mass is 16.5. The van der Waals surface area contributed by atoms with Gasteiger partial charge in [0, 0.05) is 38.2 Å². The summed E-state index contributed by atoms with van der Waals surface area (Å²) in [6.07, 6.45) is 3.75. The van der Waals surface area contributed by atoms with Crippen LogP contribution in [-0.2, 0) is 0 Å². The van der Waals surface area contributed by atoms with Crippen molar-refractivity contribution in [3.05, 3.63) is 35.8 Å². The van der Waals surface area contributed by atoms with Gasteiger partial charge in [-0.15, -0.1) is 15.3 Å². The minimum absolute atomic E-state index is 0.180. The number of nitrogens with zero attached hydrogens (tertiary/aromatic N) is 6. The number of methoxy groups -OCH3 is 1. The van der Waals surface area contributed by atoms with E-state index in [-0.39, 0.29) is 6.10 Å². The van der Waals surface area contributed by atoms with Gasteiger partial charge < -0.3 is 14.4 Å². The summed E-state index contributed by atoms with van der Waals surface area (Å²) in [6.45, 7) is 5.77. The molecule has 0 spiro atoms. The Kier molecular flexibility index (Phi) is 4.32. The molecule has 1 aliphatic rings. The van der Waals surface area contributed by atoms with Crippen LogP contribution in [0, 0.1) is 13.8 Å². The van der Waals surface area contributed by atoms with E-state index < -0.39 is 0 Å². The highest BCUT2D eigenvalue weighted by Gasteiger charge is 2.23. The van der Waals surface area contributed by atoms with Crippen LogP contribution in [0.2, 0.25) is 0 Å². The number of piperidine rings is 1. The molecular formula is C18H22N6O2. The van der Waals surface area contributed by atoms with Gasteiger partial charge in [0.05, 0.1) is 7.11 Å². The Balaban J connectivity index is 1.45. The third-order valence-electron chi connectivity index (χ3n) is 4.67. The average molecular weight is 354 g/mol. The maximum atomic E-state index is 6.10. The number of fused-ring (bicyclic) bond motifs is 1. The smallest absolute Gasteiger partial charge is 0.216 e. The van der Waals surface area contributed by atoms with Gasteiger partial charge in [0.25, 0.3) is 0 Å². The molecule has 0 N–H and O–H groups in total. The SMILES string of the molecule is COc1cc(OC2CCN(c3nn4c(C)nnc4cc3C)CC2)ccn1. The fraction of sp³-hybridized carbons (Fsp3) is 0.444. The molecule has 1 saturated heterocycles. The zero-order valence-corrected chi connectivity index (χ0v) is 15.2. The molecule has 0 radical (unpaired) electrons. The summed E-state index contributed by atoms with van der Waals surface area (Å²) < 4.78 is 13.0. The molecule has 3 aromatic heterocycles. The van der Waals surface area contributed by atoms with Gasteiger partial charge in [-0.1, -0.05) is 0 Å². The topological polar surface area (TPSA) is 77.7 Å². The molecule has 8 heteroatoms. The monoisotopic (exact) mass is 354 g/mol. The molecule has 0 saturated carbocycles. The number of ether oxygens (including phenoxy) is 2. The molecule has 26 heavy (non-hydrogen) atoms. The van der Waals surface area contributed by atoms with Crippen LogP contribution in [-0.4, -0.2) is 51.1 Å². The van der Waals surface area contributed by atoms with Crippen LogP contribution < -0.4 is 14.4 Å². The maximum Gasteiger partial charge on any atom is 0.216 e. The zero-order chi connectivity index (χ0) is 18.1. The third-order valence-corrected chi connectivity index (χ3v) is 4.67. The lowest BCUT2D eigenvalue weighted by molar-refractivity contribution is 0.170. The van der Waals surface area contributed by atoms with Gasteiger partial charge in [0.1, 0.15) is 11.9 Å². The second-order valence-corrected chi connectivity index (χ2v) is 6.51. The Morgan fingerprint density at radius 1 is 1.12 bits per heavy atom. The van der Waals surface area contributed by atoms with Crippen LogP contribution in [0.4, 0.5) is 5.82 Å². The molecule has 4 rings (SSSR count). The lowest BCUT2D eigenvalue weighted by Gasteiger charge is -2.33. The Bertz CT molecular complexity index is 917. The molecule has 1 fully saturated rings. The molecule has 8 nitrogen and oxygen atoms in total. The molecule has 136 valence electrons. The van der Waals surface area contributed by atoms with E-state index in [1.807, 2.05) is 25.1 Å². The van der Waals surface area contributed by atoms with Gasteiger partial charge in [-0.2, -0.15) is 4.52 Å². The predicted molar refractivity (Wildman–Crippen MR) is 96.9 cm³/mol. The summed E-state index contributed by atoms with van der Waals surface area (Å²) in [5.74, 6) is 3.15. The molecule has 1 aliphatic heterocycles. The van der Waals surface area contributed by atoms with Crippen LogP contribution in [0.1, 0.15) is 24.2 Å². The fourth-order valence-electron chi connectivity index (χ4n) is 3.29. The van der Waals surface area contributed by atoms with Crippen molar-refractivity contribution in [3.63, 3.8) is 0 Å². The Labute approximate surface area is 151 Å². The van der Waals surface area contributed by atoms with E-state index >= 15 is 0 Å². The summed E-state index contributed by atoms with van der Waals surface area (Å²) in [5.41, 5.74) is 1.90. The van der Waals surface area contributed by atoms with Crippen molar-refractivity contribution in [3.8, 4) is 11.6 Å². The first-order valence-electron chi connectivity index (χ1n) is 8.75. The lowest BCUT2D eigenvalue weighted by atomic mass is 10.1. The number of hydrogen-bond acceptors (Lipinski definition) is 7. The first-order chi connectivity index (χ1) is 12.6. The summed E-state index contributed by atoms with van der Waals surface area (Å²) in [4.78, 5) is 6.42. The average Bonchev–Trinajstić information content (AvgIpc) is 3.02. The van der Waals surface area contributed by atoms with Crippen molar-refractivity contribution < 1.29 is 9.47 Å². The minimum Gasteiger partial charge on any atom is -0.490 e. The molecular weight excluding hydrogens is 332 g/mol. The quantitative estimate of drug-likeness (QED) is 0.711. The van der Waals surface area contributed by atoms with Crippen molar-refractivity contribution in [2.75, 3.05) is 25.1 Å². The number of hydrogen-bond donors (Lipinski definition) is 0. The van der Waals surface area contributed by atoms with Crippen molar-refractivity contribution in [1.82, 2.24) is 24.8 Å². The van der Waals surface area contributed by atoms with E-state index in [1.165, 1.54) is 0 Å². The molecule has 0 bridgehead atoms. The van der Waals surface area contributed by atoms with Gasteiger partial charge in [0.2, 0.25) is 5.88 Å². The summed E-state index contributed by atoms with van der Waals surface area (Å²) in [7, 11) is 1.61. The Morgan fingerprint density at radius 2 is 1.92 bits per heavy atom. The normalized spacial score (nSPS) is 15.4. The Morgan fingerprint density at radius 3 is 2.69 bits per heavy atom. The molecule has 0 unspecified atom stereocenters. The standard InChI is InChI=1S/C18H22N6O2/c1-12-10-16-21-20-13(2)24(16)22-18(12)23-8-5-14(6-9-23)26-15-4-7-19-17(11-15)25-3/h4,7,10-11,14H,5-6,8-9H2,1-3H3. The van der Waals surface area contributed by atoms with Gasteiger partial charge in [-0.25, -0.2) is 4.98 Å². The van der Waals surface area contributed by atoms with Crippen LogP contribution in [0.3, 0.4) is 0 Å². The number of pyridine rings is 1. The van der Waals surface area contributed by atoms with Crippen LogP contribution in [0.5, 0.6) is 11.6 Å². The van der Waals surface area contributed by atoms with Crippen LogP contribution >= 0.6 is 0 Å². The zero-order valence-electron chi connectivity index (χ0n) is 15.2. The largest absolute Gasteiger partial charge is 0.490 e. The van der Waals surface area contributed by atoms with Crippen molar-refractivity contribution in [2.24, 2.45) is 0 Å². The van der Waals surface area contributed by atoms with E-state index in [4.69, 9.17) is 14.6 Å². The first-order valence-corrected chi connectivity index (χ1v) is 8.75. The van der Waals surface area contributed by atoms with Gasteiger partial charge >= 0.3 is 0 Å². The molecule has 3 aromatic rings. The van der Waals surface area contributed by atoms with Gasteiger partial charge in [-0.05, 0) is 31.5 Å². The second kappa shape index (κ2) is 6.78. The molecule has 0 aromatic carbocycles. The highest BCUT2D eigenvalue weighted by molar-refractivity contribution is 5.52. The number of rotatable bonds is 4. The number of anilines is 1. The van der Waals surface area contributed by atoms with Gasteiger partial charge in [0.15, 0.2) is 17.3 Å². The van der Waals surface area contributed by atoms with Crippen LogP contribution in [0.15, 0.2) is 24.4 Å². The summed E-state index contributed by atoms with van der Waals surface area (Å²) >= 11 is 0. The maximum absolute atomic E-state index is 6.10. The lowest BCUT2D eigenvalue weighted by Crippen LogP contribution is -2.39. The first kappa shape index (κ1) is 16.6. The van der Waals surface area contributed by atoms with E-state index in [1.54, 1.807) is 17.8 Å². The molecule has 0 aliphatic carbocycles. The van der Waals surface area contributed by atoms with E-state index in [2.05, 4.69) is 27.0 Å². The van der Waals surface area contributed by atoms with E-state index in [0.29, 0.717) is 5.88 Å². The van der Waals surface area contributed by atoms with Gasteiger partial charge in [-0.3, -0.25) is 0 Å². The minimum atomic E-state index is 0.180. The predicted octanol–water partition coefficient (Wildman–Crippen LogP) is 2.19. The Hall–Kier alpha value is -2.90. The highest BCUT2D eigenvalue weighted by Crippen LogP contribution is 2.25. The molecule has 4 heterocycles. The summed E-state index contributed by atoms with van der Waals surface area (Å²) in [5, 5.41) is 13.0. The second-order valence-electron chi connectivity index (χ2n) is 6.51. The van der Waals surface area contributed by atoms with E-state index in [9.17, 15) is 0 Å². The van der Waals surface area contributed by atoms with Crippen molar-refractivity contribution >= 4 is 11.5 Å².